The first-order valence-corrected chi connectivity index (χ1v) is 8.38. The molecular weight excluding hydrogens is 352 g/mol. The fraction of sp³-hybridized carbons (Fsp3) is 0.0625. The van der Waals surface area contributed by atoms with Crippen LogP contribution in [0.15, 0.2) is 29.6 Å². The minimum absolute atomic E-state index is 0.0507. The molecule has 1 aromatic carbocycles. The molecule has 0 aliphatic rings. The molecule has 0 saturated carbocycles. The average Bonchev–Trinajstić information content (AvgIpc) is 3.16. The van der Waals surface area contributed by atoms with Crippen molar-refractivity contribution in [2.45, 2.75) is 0 Å². The molecule has 3 rings (SSSR count). The van der Waals surface area contributed by atoms with E-state index in [4.69, 9.17) is 9.84 Å². The standard InChI is InChI=1S/C16H10O6S2/c17-6-9-3-4-23-14(9)8-1-2-10-11(5-8)24-15(16(20)21)13(10)22-7-12(18)19/h1-6H,7H2,(H,18,19)(H,20,21). The van der Waals surface area contributed by atoms with Gasteiger partial charge in [-0.3, -0.25) is 4.79 Å². The quantitative estimate of drug-likeness (QED) is 0.650. The number of benzene rings is 1. The smallest absolute Gasteiger partial charge is 0.349 e. The zero-order chi connectivity index (χ0) is 17.3. The Morgan fingerprint density at radius 1 is 1.21 bits per heavy atom. The minimum Gasteiger partial charge on any atom is -0.479 e. The number of carboxylic acid groups (broad SMARTS) is 2. The molecule has 2 aromatic heterocycles. The summed E-state index contributed by atoms with van der Waals surface area (Å²) in [7, 11) is 0. The maximum atomic E-state index is 11.4. The van der Waals surface area contributed by atoms with Crippen molar-refractivity contribution in [2.24, 2.45) is 0 Å². The average molecular weight is 362 g/mol. The lowest BCUT2D eigenvalue weighted by Gasteiger charge is -2.04. The second-order valence-electron chi connectivity index (χ2n) is 4.78. The molecule has 0 atom stereocenters. The Bertz CT molecular complexity index is 953. The first-order valence-electron chi connectivity index (χ1n) is 6.68. The first-order chi connectivity index (χ1) is 11.5. The highest BCUT2D eigenvalue weighted by Crippen LogP contribution is 2.41. The normalized spacial score (nSPS) is 10.7. The highest BCUT2D eigenvalue weighted by molar-refractivity contribution is 7.21. The third-order valence-corrected chi connectivity index (χ3v) is 5.36. The van der Waals surface area contributed by atoms with Gasteiger partial charge in [0.2, 0.25) is 0 Å². The van der Waals surface area contributed by atoms with Gasteiger partial charge in [0.05, 0.1) is 0 Å². The van der Waals surface area contributed by atoms with Crippen molar-refractivity contribution in [3.8, 4) is 16.2 Å². The van der Waals surface area contributed by atoms with Gasteiger partial charge in [0, 0.05) is 20.5 Å². The van der Waals surface area contributed by atoms with E-state index >= 15 is 0 Å². The van der Waals surface area contributed by atoms with Gasteiger partial charge in [-0.1, -0.05) is 6.07 Å². The van der Waals surface area contributed by atoms with E-state index in [1.165, 1.54) is 11.3 Å². The maximum Gasteiger partial charge on any atom is 0.349 e. The van der Waals surface area contributed by atoms with Crippen molar-refractivity contribution in [3.63, 3.8) is 0 Å². The fourth-order valence-corrected chi connectivity index (χ4v) is 4.17. The lowest BCUT2D eigenvalue weighted by atomic mass is 10.1. The van der Waals surface area contributed by atoms with Gasteiger partial charge in [-0.2, -0.15) is 0 Å². The van der Waals surface area contributed by atoms with Crippen molar-refractivity contribution < 1.29 is 29.3 Å². The Balaban J connectivity index is 2.12. The van der Waals surface area contributed by atoms with Crippen LogP contribution in [0, 0.1) is 0 Å². The molecule has 2 N–H and O–H groups in total. The molecule has 0 saturated heterocycles. The van der Waals surface area contributed by atoms with Crippen LogP contribution in [0.1, 0.15) is 20.0 Å². The summed E-state index contributed by atoms with van der Waals surface area (Å²) in [6.07, 6.45) is 0.772. The van der Waals surface area contributed by atoms with Gasteiger partial charge >= 0.3 is 11.9 Å². The predicted molar refractivity (Wildman–Crippen MR) is 90.6 cm³/mol. The van der Waals surface area contributed by atoms with E-state index < -0.39 is 18.5 Å². The third kappa shape index (κ3) is 2.89. The van der Waals surface area contributed by atoms with Gasteiger partial charge in [-0.25, -0.2) is 9.59 Å². The van der Waals surface area contributed by atoms with Crippen LogP contribution in [0.4, 0.5) is 0 Å². The fourth-order valence-electron chi connectivity index (χ4n) is 2.28. The number of aldehydes is 1. The number of carboxylic acids is 2. The molecule has 0 aliphatic carbocycles. The largest absolute Gasteiger partial charge is 0.479 e. The Kier molecular flexibility index (Phi) is 4.32. The number of rotatable bonds is 6. The molecule has 0 spiro atoms. The molecule has 3 aromatic rings. The van der Waals surface area contributed by atoms with Crippen LogP contribution < -0.4 is 4.74 Å². The van der Waals surface area contributed by atoms with E-state index in [-0.39, 0.29) is 10.6 Å². The maximum absolute atomic E-state index is 11.4. The number of carbonyl (C=O) groups is 3. The van der Waals surface area contributed by atoms with Gasteiger partial charge < -0.3 is 14.9 Å². The molecule has 0 unspecified atom stereocenters. The molecule has 2 heterocycles. The van der Waals surface area contributed by atoms with Crippen LogP contribution in [0.25, 0.3) is 20.5 Å². The van der Waals surface area contributed by atoms with E-state index in [0.29, 0.717) is 15.6 Å². The molecule has 8 heteroatoms. The SMILES string of the molecule is O=Cc1ccsc1-c1ccc2c(OCC(=O)O)c(C(=O)O)sc2c1. The molecule has 0 amide bonds. The molecule has 122 valence electrons. The zero-order valence-electron chi connectivity index (χ0n) is 12.0. The van der Waals surface area contributed by atoms with E-state index in [1.54, 1.807) is 24.3 Å². The van der Waals surface area contributed by atoms with Gasteiger partial charge in [0.1, 0.15) is 0 Å². The summed E-state index contributed by atoms with van der Waals surface area (Å²) < 4.78 is 5.81. The Hall–Kier alpha value is -2.71. The third-order valence-electron chi connectivity index (χ3n) is 3.26. The number of aliphatic carboxylic acids is 1. The summed E-state index contributed by atoms with van der Waals surface area (Å²) in [5.41, 5.74) is 1.36. The molecule has 0 radical (unpaired) electrons. The van der Waals surface area contributed by atoms with Crippen LogP contribution in [-0.4, -0.2) is 35.0 Å². The number of hydrogen-bond donors (Lipinski definition) is 2. The van der Waals surface area contributed by atoms with Gasteiger partial charge in [0.25, 0.3) is 0 Å². The molecule has 24 heavy (non-hydrogen) atoms. The summed E-state index contributed by atoms with van der Waals surface area (Å²) in [6, 6.07) is 6.93. The Labute approximate surface area is 143 Å². The van der Waals surface area contributed by atoms with Crippen molar-refractivity contribution in [1.82, 2.24) is 0 Å². The second-order valence-corrected chi connectivity index (χ2v) is 6.75. The van der Waals surface area contributed by atoms with E-state index in [9.17, 15) is 19.5 Å². The molecule has 0 bridgehead atoms. The Morgan fingerprint density at radius 3 is 2.67 bits per heavy atom. The number of ether oxygens (including phenoxy) is 1. The van der Waals surface area contributed by atoms with Crippen LogP contribution in [0.2, 0.25) is 0 Å². The second kappa shape index (κ2) is 6.42. The summed E-state index contributed by atoms with van der Waals surface area (Å²) in [4.78, 5) is 33.9. The number of carbonyl (C=O) groups excluding carboxylic acids is 1. The molecule has 0 aliphatic heterocycles. The summed E-state index contributed by atoms with van der Waals surface area (Å²) >= 11 is 2.42. The van der Waals surface area contributed by atoms with Crippen LogP contribution in [0.5, 0.6) is 5.75 Å². The summed E-state index contributed by atoms with van der Waals surface area (Å²) in [5, 5.41) is 20.4. The van der Waals surface area contributed by atoms with Gasteiger partial charge in [0.15, 0.2) is 23.5 Å². The van der Waals surface area contributed by atoms with Crippen molar-refractivity contribution in [1.29, 1.82) is 0 Å². The van der Waals surface area contributed by atoms with Crippen molar-refractivity contribution >= 4 is 51.0 Å². The topological polar surface area (TPSA) is 101 Å². The number of thiophene rings is 2. The van der Waals surface area contributed by atoms with E-state index in [2.05, 4.69) is 0 Å². The number of aromatic carboxylic acids is 1. The summed E-state index contributed by atoms with van der Waals surface area (Å²) in [6.45, 7) is -0.617. The highest BCUT2D eigenvalue weighted by atomic mass is 32.1. The van der Waals surface area contributed by atoms with Crippen LogP contribution >= 0.6 is 22.7 Å². The first kappa shape index (κ1) is 16.2. The lowest BCUT2D eigenvalue weighted by molar-refractivity contribution is -0.139. The monoisotopic (exact) mass is 362 g/mol. The highest BCUT2D eigenvalue weighted by Gasteiger charge is 2.21. The van der Waals surface area contributed by atoms with Gasteiger partial charge in [-0.15, -0.1) is 22.7 Å². The number of hydrogen-bond acceptors (Lipinski definition) is 6. The van der Waals surface area contributed by atoms with Crippen molar-refractivity contribution in [3.05, 3.63) is 40.1 Å². The lowest BCUT2D eigenvalue weighted by Crippen LogP contribution is -2.10. The minimum atomic E-state index is -1.18. The number of fused-ring (bicyclic) bond motifs is 1. The van der Waals surface area contributed by atoms with Crippen LogP contribution in [0.3, 0.4) is 0 Å². The molecule has 6 nitrogen and oxygen atoms in total. The molecular formula is C16H10O6S2. The van der Waals surface area contributed by atoms with Gasteiger partial charge in [-0.05, 0) is 29.1 Å². The zero-order valence-corrected chi connectivity index (χ0v) is 13.6. The predicted octanol–water partition coefficient (Wildman–Crippen LogP) is 3.60. The van der Waals surface area contributed by atoms with Crippen LogP contribution in [-0.2, 0) is 4.79 Å². The van der Waals surface area contributed by atoms with E-state index in [0.717, 1.165) is 28.1 Å². The summed E-state index contributed by atoms with van der Waals surface area (Å²) in [5.74, 6) is -2.31. The van der Waals surface area contributed by atoms with E-state index in [1.807, 2.05) is 5.38 Å². The molecule has 0 fully saturated rings. The van der Waals surface area contributed by atoms with Crippen molar-refractivity contribution in [2.75, 3.05) is 6.61 Å². The Morgan fingerprint density at radius 2 is 2.00 bits per heavy atom.